The van der Waals surface area contributed by atoms with Crippen molar-refractivity contribution in [3.8, 4) is 11.4 Å². The molecule has 1 aliphatic heterocycles. The third-order valence-corrected chi connectivity index (χ3v) is 4.54. The highest BCUT2D eigenvalue weighted by molar-refractivity contribution is 5.92. The fourth-order valence-electron chi connectivity index (χ4n) is 3.14. The summed E-state index contributed by atoms with van der Waals surface area (Å²) in [6, 6.07) is 6.09. The van der Waals surface area contributed by atoms with E-state index >= 15 is 0 Å². The predicted molar refractivity (Wildman–Crippen MR) is 96.6 cm³/mol. The summed E-state index contributed by atoms with van der Waals surface area (Å²) in [4.78, 5) is 34.5. The lowest BCUT2D eigenvalue weighted by molar-refractivity contribution is 0.0695. The number of carboxylic acids is 1. The van der Waals surface area contributed by atoms with E-state index in [1.54, 1.807) is 17.0 Å². The molecule has 0 radical (unpaired) electrons. The molecule has 1 saturated heterocycles. The smallest absolute Gasteiger partial charge is 0.341 e. The number of aliphatic hydroxyl groups is 1. The minimum atomic E-state index is -1.35. The Morgan fingerprint density at radius 2 is 1.96 bits per heavy atom. The molecular weight excluding hydrogens is 352 g/mol. The number of fused-ring (bicyclic) bond motifs is 1. The van der Waals surface area contributed by atoms with Gasteiger partial charge in [-0.25, -0.2) is 9.78 Å². The molecule has 2 aromatic heterocycles. The van der Waals surface area contributed by atoms with Crippen molar-refractivity contribution < 1.29 is 20.1 Å². The summed E-state index contributed by atoms with van der Waals surface area (Å²) in [7, 11) is 0. The number of aromatic carboxylic acids is 1. The SMILES string of the molecule is O=C(O)c1cn(-c2ccc(O)cc2)c2nc(N3CCC(O)C3)ncc2c1=O. The number of carbonyl (C=O) groups is 1. The summed E-state index contributed by atoms with van der Waals surface area (Å²) < 4.78 is 1.48. The molecule has 1 fully saturated rings. The van der Waals surface area contributed by atoms with E-state index in [9.17, 15) is 24.9 Å². The molecule has 9 heteroatoms. The maximum absolute atomic E-state index is 12.5. The molecule has 0 spiro atoms. The third-order valence-electron chi connectivity index (χ3n) is 4.54. The van der Waals surface area contributed by atoms with E-state index in [0.717, 1.165) is 0 Å². The van der Waals surface area contributed by atoms with Crippen LogP contribution in [0.4, 0.5) is 5.95 Å². The number of aromatic hydroxyl groups is 1. The highest BCUT2D eigenvalue weighted by Crippen LogP contribution is 2.22. The first kappa shape index (κ1) is 17.0. The van der Waals surface area contributed by atoms with Crippen LogP contribution < -0.4 is 10.3 Å². The van der Waals surface area contributed by atoms with Gasteiger partial charge < -0.3 is 24.8 Å². The summed E-state index contributed by atoms with van der Waals surface area (Å²) in [6.07, 6.45) is 2.67. The lowest BCUT2D eigenvalue weighted by Gasteiger charge is -2.17. The van der Waals surface area contributed by atoms with Gasteiger partial charge in [-0.1, -0.05) is 0 Å². The molecule has 1 aliphatic rings. The van der Waals surface area contributed by atoms with Gasteiger partial charge in [0.15, 0.2) is 5.65 Å². The van der Waals surface area contributed by atoms with Crippen molar-refractivity contribution in [1.29, 1.82) is 0 Å². The zero-order valence-corrected chi connectivity index (χ0v) is 14.1. The molecule has 3 N–H and O–H groups in total. The highest BCUT2D eigenvalue weighted by Gasteiger charge is 2.24. The molecule has 1 unspecified atom stereocenters. The van der Waals surface area contributed by atoms with E-state index < -0.39 is 23.1 Å². The van der Waals surface area contributed by atoms with Gasteiger partial charge >= 0.3 is 5.97 Å². The van der Waals surface area contributed by atoms with Crippen molar-refractivity contribution in [2.24, 2.45) is 0 Å². The Morgan fingerprint density at radius 3 is 2.59 bits per heavy atom. The summed E-state index contributed by atoms with van der Waals surface area (Å²) >= 11 is 0. The first-order chi connectivity index (χ1) is 12.9. The zero-order valence-electron chi connectivity index (χ0n) is 14.1. The van der Waals surface area contributed by atoms with Gasteiger partial charge in [-0.2, -0.15) is 4.98 Å². The Morgan fingerprint density at radius 1 is 1.22 bits per heavy atom. The van der Waals surface area contributed by atoms with Gasteiger partial charge in [0.25, 0.3) is 0 Å². The molecule has 0 saturated carbocycles. The number of aliphatic hydroxyl groups excluding tert-OH is 1. The number of phenolic OH excluding ortho intramolecular Hbond substituents is 1. The number of anilines is 1. The van der Waals surface area contributed by atoms with Crippen LogP contribution in [0.15, 0.2) is 41.5 Å². The molecule has 1 aromatic carbocycles. The first-order valence-electron chi connectivity index (χ1n) is 8.32. The summed E-state index contributed by atoms with van der Waals surface area (Å²) in [6.45, 7) is 0.978. The Kier molecular flexibility index (Phi) is 4.00. The predicted octanol–water partition coefficient (Wildman–Crippen LogP) is 0.755. The number of carboxylic acid groups (broad SMARTS) is 1. The van der Waals surface area contributed by atoms with Gasteiger partial charge in [-0.3, -0.25) is 4.79 Å². The number of rotatable bonds is 3. The standard InChI is InChI=1S/C18H16N4O5/c23-11-3-1-10(2-4-11)22-9-14(17(26)27)15(25)13-7-19-18(20-16(13)22)21-6-5-12(24)8-21/h1-4,7,9,12,23-24H,5-6,8H2,(H,26,27). The average molecular weight is 368 g/mol. The number of hydrogen-bond acceptors (Lipinski definition) is 7. The van der Waals surface area contributed by atoms with Crippen LogP contribution in [-0.4, -0.2) is 55.0 Å². The van der Waals surface area contributed by atoms with E-state index in [2.05, 4.69) is 9.97 Å². The number of benzene rings is 1. The van der Waals surface area contributed by atoms with Crippen LogP contribution in [0.1, 0.15) is 16.8 Å². The van der Waals surface area contributed by atoms with E-state index in [1.165, 1.54) is 29.1 Å². The lowest BCUT2D eigenvalue weighted by Crippen LogP contribution is -2.25. The van der Waals surface area contributed by atoms with Crippen LogP contribution in [0.3, 0.4) is 0 Å². The Bertz CT molecular complexity index is 1090. The number of aromatic nitrogens is 3. The monoisotopic (exact) mass is 368 g/mol. The van der Waals surface area contributed by atoms with Gasteiger partial charge in [0.2, 0.25) is 11.4 Å². The summed E-state index contributed by atoms with van der Waals surface area (Å²) in [5, 5.41) is 28.7. The van der Waals surface area contributed by atoms with Crippen LogP contribution in [-0.2, 0) is 0 Å². The number of pyridine rings is 1. The van der Waals surface area contributed by atoms with Crippen molar-refractivity contribution in [1.82, 2.24) is 14.5 Å². The molecular formula is C18H16N4O5. The van der Waals surface area contributed by atoms with Crippen molar-refractivity contribution >= 4 is 23.0 Å². The fourth-order valence-corrected chi connectivity index (χ4v) is 3.14. The molecule has 3 heterocycles. The van der Waals surface area contributed by atoms with Crippen LogP contribution in [0.2, 0.25) is 0 Å². The van der Waals surface area contributed by atoms with E-state index in [4.69, 9.17) is 0 Å². The minimum Gasteiger partial charge on any atom is -0.508 e. The van der Waals surface area contributed by atoms with Gasteiger partial charge in [0, 0.05) is 31.2 Å². The number of nitrogens with zero attached hydrogens (tertiary/aromatic N) is 4. The maximum atomic E-state index is 12.5. The van der Waals surface area contributed by atoms with Crippen LogP contribution >= 0.6 is 0 Å². The topological polar surface area (TPSA) is 129 Å². The molecule has 0 bridgehead atoms. The van der Waals surface area contributed by atoms with Crippen LogP contribution in [0.5, 0.6) is 5.75 Å². The first-order valence-corrected chi connectivity index (χ1v) is 8.32. The van der Waals surface area contributed by atoms with E-state index in [-0.39, 0.29) is 16.8 Å². The molecule has 0 amide bonds. The van der Waals surface area contributed by atoms with Crippen molar-refractivity contribution in [3.63, 3.8) is 0 Å². The molecule has 4 rings (SSSR count). The minimum absolute atomic E-state index is 0.0592. The van der Waals surface area contributed by atoms with Crippen LogP contribution in [0.25, 0.3) is 16.7 Å². The molecule has 1 atom stereocenters. The van der Waals surface area contributed by atoms with Crippen molar-refractivity contribution in [3.05, 3.63) is 52.4 Å². The van der Waals surface area contributed by atoms with Gasteiger partial charge in [-0.05, 0) is 30.7 Å². The summed E-state index contributed by atoms with van der Waals surface area (Å²) in [5.41, 5.74) is -0.280. The lowest BCUT2D eigenvalue weighted by atomic mass is 10.2. The Hall–Kier alpha value is -3.46. The van der Waals surface area contributed by atoms with Gasteiger partial charge in [-0.15, -0.1) is 0 Å². The van der Waals surface area contributed by atoms with Crippen molar-refractivity contribution in [2.45, 2.75) is 12.5 Å². The molecule has 0 aliphatic carbocycles. The van der Waals surface area contributed by atoms with Crippen LogP contribution in [0, 0.1) is 0 Å². The van der Waals surface area contributed by atoms with E-state index in [1.807, 2.05) is 0 Å². The second kappa shape index (κ2) is 6.36. The Balaban J connectivity index is 1.97. The second-order valence-corrected chi connectivity index (χ2v) is 6.36. The molecule has 27 heavy (non-hydrogen) atoms. The number of β-amino-alcohol motifs (C(OH)–C–C–N with tert-alkyl or cyclic N) is 1. The molecule has 3 aromatic rings. The second-order valence-electron chi connectivity index (χ2n) is 6.36. The highest BCUT2D eigenvalue weighted by atomic mass is 16.4. The quantitative estimate of drug-likeness (QED) is 0.618. The number of phenols is 1. The third kappa shape index (κ3) is 2.97. The zero-order chi connectivity index (χ0) is 19.1. The summed E-state index contributed by atoms with van der Waals surface area (Å²) in [5.74, 6) is -0.931. The average Bonchev–Trinajstić information content (AvgIpc) is 3.09. The van der Waals surface area contributed by atoms with Gasteiger partial charge in [0.05, 0.1) is 11.5 Å². The van der Waals surface area contributed by atoms with Crippen molar-refractivity contribution in [2.75, 3.05) is 18.0 Å². The number of hydrogen-bond donors (Lipinski definition) is 3. The Labute approximate surface area is 152 Å². The molecule has 9 nitrogen and oxygen atoms in total. The van der Waals surface area contributed by atoms with E-state index in [0.29, 0.717) is 31.1 Å². The largest absolute Gasteiger partial charge is 0.508 e. The normalized spacial score (nSPS) is 16.8. The molecule has 138 valence electrons. The van der Waals surface area contributed by atoms with Gasteiger partial charge in [0.1, 0.15) is 11.3 Å². The maximum Gasteiger partial charge on any atom is 0.341 e. The fraction of sp³-hybridized carbons (Fsp3) is 0.222.